The highest BCUT2D eigenvalue weighted by molar-refractivity contribution is 7.97. The summed E-state index contributed by atoms with van der Waals surface area (Å²) >= 11 is 1.75. The average molecular weight is 201 g/mol. The summed E-state index contributed by atoms with van der Waals surface area (Å²) < 4.78 is 4.22. The van der Waals surface area contributed by atoms with Crippen molar-refractivity contribution in [2.45, 2.75) is 0 Å². The molecular formula is C6H11N5OS. The third-order valence-corrected chi connectivity index (χ3v) is 0.614. The number of nitrogens with zero attached hydrogens (tertiary/aromatic N) is 4. The van der Waals surface area contributed by atoms with Crippen molar-refractivity contribution in [3.05, 3.63) is 24.9 Å². The summed E-state index contributed by atoms with van der Waals surface area (Å²) in [5.41, 5.74) is 0. The van der Waals surface area contributed by atoms with Gasteiger partial charge in [0, 0.05) is 5.27 Å². The summed E-state index contributed by atoms with van der Waals surface area (Å²) in [6.07, 6.45) is 10.1. The second kappa shape index (κ2) is 10.6. The van der Waals surface area contributed by atoms with Crippen LogP contribution in [0.3, 0.4) is 0 Å². The summed E-state index contributed by atoms with van der Waals surface area (Å²) in [6, 6.07) is 0. The molecule has 2 aromatic rings. The number of hydrogen-bond acceptors (Lipinski definition) is 6. The Bertz CT molecular complexity index is 173. The smallest absolute Gasteiger partial charge is 0.144 e. The van der Waals surface area contributed by atoms with Crippen molar-refractivity contribution in [2.24, 2.45) is 0 Å². The lowest BCUT2D eigenvalue weighted by molar-refractivity contribution is 0.393. The maximum absolute atomic E-state index is 4.22. The van der Waals surface area contributed by atoms with E-state index in [1.807, 2.05) is 12.5 Å². The molecule has 0 fully saturated rings. The molecule has 2 heterocycles. The predicted molar refractivity (Wildman–Crippen MR) is 50.1 cm³/mol. The van der Waals surface area contributed by atoms with Gasteiger partial charge in [-0.05, 0) is 12.5 Å². The van der Waals surface area contributed by atoms with E-state index in [9.17, 15) is 0 Å². The van der Waals surface area contributed by atoms with Crippen molar-refractivity contribution in [3.63, 3.8) is 0 Å². The van der Waals surface area contributed by atoms with E-state index in [1.165, 1.54) is 12.5 Å². The first kappa shape index (κ1) is 11.6. The van der Waals surface area contributed by atoms with Crippen molar-refractivity contribution < 1.29 is 4.52 Å². The summed E-state index contributed by atoms with van der Waals surface area (Å²) in [7, 11) is 0. The van der Waals surface area contributed by atoms with Gasteiger partial charge in [0.2, 0.25) is 0 Å². The van der Waals surface area contributed by atoms with Crippen molar-refractivity contribution >= 4 is 11.8 Å². The predicted octanol–water partition coefficient (Wildman–Crippen LogP) is 0.853. The van der Waals surface area contributed by atoms with E-state index >= 15 is 0 Å². The molecule has 0 aromatic carbocycles. The summed E-state index contributed by atoms with van der Waals surface area (Å²) in [6.45, 7) is 0. The topological polar surface area (TPSA) is 80.5 Å². The number of thioether (sulfide) groups is 1. The highest BCUT2D eigenvalue weighted by Gasteiger charge is 1.61. The van der Waals surface area contributed by atoms with Gasteiger partial charge >= 0.3 is 0 Å². The van der Waals surface area contributed by atoms with Crippen LogP contribution in [0.5, 0.6) is 0 Å². The minimum Gasteiger partial charge on any atom is -0.346 e. The van der Waals surface area contributed by atoms with Crippen LogP contribution in [0, 0.1) is 0 Å². The average Bonchev–Trinajstić information content (AvgIpc) is 2.85. The van der Waals surface area contributed by atoms with Crippen LogP contribution in [0.15, 0.2) is 29.4 Å². The minimum atomic E-state index is 1.40. The van der Waals surface area contributed by atoms with Crippen molar-refractivity contribution in [2.75, 3.05) is 12.5 Å². The van der Waals surface area contributed by atoms with Gasteiger partial charge in [-0.15, -0.1) is 5.10 Å². The molecule has 72 valence electrons. The molecule has 0 saturated heterocycles. The SMILES string of the molecule is CSC.c1cn[nH]n1.c1conn1. The standard InChI is InChI=1S/C2H3N3.C2H2N2O.C2H6S/c1-2-4-5-3-1;1-2-5-4-3-1;1-3-2/h1-2H,(H,3,4,5);1-2H;1-2H3. The molecule has 0 amide bonds. The zero-order chi connectivity index (χ0) is 9.78. The molecule has 6 nitrogen and oxygen atoms in total. The van der Waals surface area contributed by atoms with E-state index in [4.69, 9.17) is 0 Å². The lowest BCUT2D eigenvalue weighted by Gasteiger charge is -1.51. The largest absolute Gasteiger partial charge is 0.346 e. The fraction of sp³-hybridized carbons (Fsp3) is 0.333. The molecular weight excluding hydrogens is 190 g/mol. The van der Waals surface area contributed by atoms with E-state index in [-0.39, 0.29) is 0 Å². The van der Waals surface area contributed by atoms with Gasteiger partial charge in [0.05, 0.1) is 18.6 Å². The van der Waals surface area contributed by atoms with Gasteiger partial charge in [0.15, 0.2) is 0 Å². The van der Waals surface area contributed by atoms with Crippen LogP contribution in [0.1, 0.15) is 0 Å². The molecule has 0 aliphatic carbocycles. The molecule has 0 aliphatic heterocycles. The maximum atomic E-state index is 4.22. The fourth-order valence-corrected chi connectivity index (χ4v) is 0.303. The first-order valence-corrected chi connectivity index (χ1v) is 4.96. The zero-order valence-corrected chi connectivity index (χ0v) is 8.23. The van der Waals surface area contributed by atoms with E-state index in [2.05, 4.69) is 30.3 Å². The molecule has 0 atom stereocenters. The first-order chi connectivity index (χ1) is 6.41. The Hall–Kier alpha value is -1.37. The molecule has 0 bridgehead atoms. The van der Waals surface area contributed by atoms with Crippen LogP contribution in [-0.2, 0) is 0 Å². The molecule has 2 rings (SSSR count). The van der Waals surface area contributed by atoms with Gasteiger partial charge in [-0.25, -0.2) is 0 Å². The molecule has 0 radical (unpaired) electrons. The fourth-order valence-electron chi connectivity index (χ4n) is 0.303. The summed E-state index contributed by atoms with van der Waals surface area (Å²) in [4.78, 5) is 0. The van der Waals surface area contributed by atoms with Crippen molar-refractivity contribution in [1.82, 2.24) is 25.8 Å². The summed E-state index contributed by atoms with van der Waals surface area (Å²) in [5, 5.41) is 15.7. The second-order valence-corrected chi connectivity index (χ2v) is 2.47. The van der Waals surface area contributed by atoms with E-state index < -0.39 is 0 Å². The molecule has 13 heavy (non-hydrogen) atoms. The number of aromatic amines is 1. The molecule has 7 heteroatoms. The Balaban J connectivity index is 0.000000174. The maximum Gasteiger partial charge on any atom is 0.144 e. The molecule has 2 aromatic heterocycles. The van der Waals surface area contributed by atoms with Crippen LogP contribution in [0.25, 0.3) is 0 Å². The Morgan fingerprint density at radius 3 is 1.92 bits per heavy atom. The number of nitrogens with one attached hydrogen (secondary N) is 1. The molecule has 0 aliphatic rings. The van der Waals surface area contributed by atoms with Gasteiger partial charge in [-0.1, -0.05) is 0 Å². The third kappa shape index (κ3) is 10.6. The number of aromatic nitrogens is 5. The Morgan fingerprint density at radius 1 is 1.15 bits per heavy atom. The van der Waals surface area contributed by atoms with Gasteiger partial charge < -0.3 is 4.52 Å². The van der Waals surface area contributed by atoms with Crippen LogP contribution >= 0.6 is 11.8 Å². The van der Waals surface area contributed by atoms with E-state index in [1.54, 1.807) is 24.2 Å². The quantitative estimate of drug-likeness (QED) is 0.680. The van der Waals surface area contributed by atoms with Crippen LogP contribution < -0.4 is 0 Å². The van der Waals surface area contributed by atoms with Gasteiger partial charge in [-0.2, -0.15) is 27.2 Å². The van der Waals surface area contributed by atoms with Crippen molar-refractivity contribution in [1.29, 1.82) is 0 Å². The minimum absolute atomic E-state index is 1.40. The lowest BCUT2D eigenvalue weighted by Crippen LogP contribution is -1.61. The van der Waals surface area contributed by atoms with Crippen LogP contribution in [0.4, 0.5) is 0 Å². The van der Waals surface area contributed by atoms with E-state index in [0.717, 1.165) is 0 Å². The molecule has 1 N–H and O–H groups in total. The zero-order valence-electron chi connectivity index (χ0n) is 7.41. The summed E-state index contributed by atoms with van der Waals surface area (Å²) in [5.74, 6) is 0. The number of H-pyrrole nitrogens is 1. The normalized spacial score (nSPS) is 7.54. The van der Waals surface area contributed by atoms with Crippen LogP contribution in [0.2, 0.25) is 0 Å². The molecule has 0 saturated carbocycles. The Kier molecular flexibility index (Phi) is 9.51. The molecule has 0 spiro atoms. The van der Waals surface area contributed by atoms with E-state index in [0.29, 0.717) is 0 Å². The lowest BCUT2D eigenvalue weighted by atomic mass is 11.0. The van der Waals surface area contributed by atoms with Gasteiger partial charge in [0.25, 0.3) is 0 Å². The highest BCUT2D eigenvalue weighted by Crippen LogP contribution is 1.70. The highest BCUT2D eigenvalue weighted by atomic mass is 32.2. The van der Waals surface area contributed by atoms with Crippen molar-refractivity contribution in [3.8, 4) is 0 Å². The van der Waals surface area contributed by atoms with Crippen LogP contribution in [-0.4, -0.2) is 38.3 Å². The number of rotatable bonds is 0. The Labute approximate surface area is 80.1 Å². The van der Waals surface area contributed by atoms with Gasteiger partial charge in [-0.3, -0.25) is 0 Å². The monoisotopic (exact) mass is 201 g/mol. The van der Waals surface area contributed by atoms with Gasteiger partial charge in [0.1, 0.15) is 6.26 Å². The first-order valence-electron chi connectivity index (χ1n) is 3.32. The Morgan fingerprint density at radius 2 is 1.77 bits per heavy atom. The number of hydrogen-bond donors (Lipinski definition) is 1. The third-order valence-electron chi connectivity index (χ3n) is 0.614. The second-order valence-electron chi connectivity index (χ2n) is 1.65. The molecule has 0 unspecified atom stereocenters.